The summed E-state index contributed by atoms with van der Waals surface area (Å²) in [7, 11) is -6.54. The summed E-state index contributed by atoms with van der Waals surface area (Å²) < 4.78 is 17.5. The number of hydrogen-bond donors (Lipinski definition) is 2. The van der Waals surface area contributed by atoms with Crippen LogP contribution in [0.2, 0.25) is 0 Å². The molecule has 0 aromatic heterocycles. The first-order chi connectivity index (χ1) is 16.5. The zero-order valence-electron chi connectivity index (χ0n) is 18.0. The molecular formula is C24H24Cl2N3O2P3. The number of halogens is 2. The Morgan fingerprint density at radius 3 is 1.59 bits per heavy atom. The fourth-order valence-corrected chi connectivity index (χ4v) is 21.4. The van der Waals surface area contributed by atoms with Gasteiger partial charge in [0.25, 0.3) is 0 Å². The molecule has 1 heterocycles. The molecule has 5 nitrogen and oxygen atoms in total. The molecule has 1 aliphatic rings. The van der Waals surface area contributed by atoms with Gasteiger partial charge in [0.15, 0.2) is 0 Å². The van der Waals surface area contributed by atoms with Crippen molar-refractivity contribution in [3.05, 3.63) is 121 Å². The Kier molecular flexibility index (Phi) is 6.98. The number of hydrogen-bond acceptors (Lipinski definition) is 5. The van der Waals surface area contributed by atoms with Crippen LogP contribution in [0.15, 0.2) is 126 Å². The average Bonchev–Trinajstić information content (AvgIpc) is 2.85. The van der Waals surface area contributed by atoms with E-state index in [2.05, 4.69) is 34.0 Å². The van der Waals surface area contributed by atoms with Crippen LogP contribution in [0.25, 0.3) is 0 Å². The van der Waals surface area contributed by atoms with E-state index in [9.17, 15) is 0 Å². The normalized spacial score (nSPS) is 22.5. The molecule has 0 saturated heterocycles. The molecular weight excluding hydrogens is 526 g/mol. The van der Waals surface area contributed by atoms with Crippen LogP contribution >= 0.6 is 44.0 Å². The topological polar surface area (TPSA) is 54.9 Å². The quantitative estimate of drug-likeness (QED) is 0.246. The van der Waals surface area contributed by atoms with Gasteiger partial charge in [0.2, 0.25) is 0 Å². The molecule has 4 aromatic rings. The second-order valence-corrected chi connectivity index (χ2v) is 18.5. The van der Waals surface area contributed by atoms with Crippen molar-refractivity contribution in [2.24, 2.45) is 4.52 Å². The zero-order chi connectivity index (χ0) is 23.5. The van der Waals surface area contributed by atoms with E-state index < -0.39 is 21.5 Å². The Morgan fingerprint density at radius 1 is 0.647 bits per heavy atom. The summed E-state index contributed by atoms with van der Waals surface area (Å²) in [6.45, 7) is -3.15. The van der Waals surface area contributed by atoms with Crippen molar-refractivity contribution < 1.29 is 9.05 Å². The Hall–Kier alpha value is -1.93. The fourth-order valence-electron chi connectivity index (χ4n) is 3.85. The summed E-state index contributed by atoms with van der Waals surface area (Å²) in [5, 5.41) is 2.10. The third-order valence-corrected chi connectivity index (χ3v) is 19.3. The molecule has 176 valence electrons. The molecule has 0 bridgehead atoms. The van der Waals surface area contributed by atoms with Gasteiger partial charge in [-0.05, 0) is 0 Å². The number of nitrogens with zero attached hydrogens (tertiary/aromatic N) is 1. The van der Waals surface area contributed by atoms with Crippen LogP contribution in [-0.2, 0) is 0 Å². The second kappa shape index (κ2) is 9.97. The van der Waals surface area contributed by atoms with Gasteiger partial charge in [-0.15, -0.1) is 0 Å². The third kappa shape index (κ3) is 5.18. The third-order valence-electron chi connectivity index (χ3n) is 5.28. The van der Waals surface area contributed by atoms with E-state index >= 15 is 0 Å². The van der Waals surface area contributed by atoms with Crippen molar-refractivity contribution in [1.29, 1.82) is 0 Å². The average molecular weight is 550 g/mol. The molecule has 0 aliphatic carbocycles. The van der Waals surface area contributed by atoms with E-state index in [1.165, 1.54) is 0 Å². The van der Waals surface area contributed by atoms with Crippen LogP contribution in [0.3, 0.4) is 0 Å². The van der Waals surface area contributed by atoms with E-state index in [1.807, 2.05) is 97.1 Å². The van der Waals surface area contributed by atoms with Crippen molar-refractivity contribution >= 4 is 54.6 Å². The molecule has 0 radical (unpaired) electrons. The molecule has 2 N–H and O–H groups in total. The van der Waals surface area contributed by atoms with Crippen LogP contribution in [0.5, 0.6) is 11.5 Å². The number of rotatable bonds is 6. The summed E-state index contributed by atoms with van der Waals surface area (Å²) in [6, 6.07) is 39.1. The molecule has 10 heteroatoms. The minimum absolute atomic E-state index is 0.612. The van der Waals surface area contributed by atoms with Gasteiger partial charge in [0.05, 0.1) is 0 Å². The summed E-state index contributed by atoms with van der Waals surface area (Å²) in [5.74, 6) is 1.23. The molecule has 4 aromatic carbocycles. The van der Waals surface area contributed by atoms with Gasteiger partial charge >= 0.3 is 211 Å². The summed E-state index contributed by atoms with van der Waals surface area (Å²) in [6.07, 6.45) is 0. The molecule has 5 rings (SSSR count). The predicted octanol–water partition coefficient (Wildman–Crippen LogP) is 7.40. The fraction of sp³-hybridized carbons (Fsp3) is 0. The van der Waals surface area contributed by atoms with Crippen LogP contribution in [0.4, 0.5) is 0 Å². The van der Waals surface area contributed by atoms with E-state index in [0.29, 0.717) is 11.5 Å². The van der Waals surface area contributed by atoms with Gasteiger partial charge in [-0.1, -0.05) is 0 Å². The summed E-state index contributed by atoms with van der Waals surface area (Å²) >= 11 is 14.5. The number of nitrogens with one attached hydrogen (secondary N) is 2. The second-order valence-electron chi connectivity index (χ2n) is 7.70. The monoisotopic (exact) mass is 549 g/mol. The van der Waals surface area contributed by atoms with E-state index in [-0.39, 0.29) is 0 Å². The predicted molar refractivity (Wildman–Crippen MR) is 150 cm³/mol. The van der Waals surface area contributed by atoms with Gasteiger partial charge in [-0.2, -0.15) is 0 Å². The molecule has 34 heavy (non-hydrogen) atoms. The molecule has 0 saturated carbocycles. The number of benzene rings is 4. The van der Waals surface area contributed by atoms with Gasteiger partial charge in [-0.25, -0.2) is 0 Å². The molecule has 1 unspecified atom stereocenters. The van der Waals surface area contributed by atoms with E-state index in [1.54, 1.807) is 0 Å². The molecule has 0 fully saturated rings. The summed E-state index contributed by atoms with van der Waals surface area (Å²) in [4.78, 5) is 7.32. The van der Waals surface area contributed by atoms with E-state index in [0.717, 1.165) is 10.6 Å². The van der Waals surface area contributed by atoms with Crippen molar-refractivity contribution in [3.63, 3.8) is 0 Å². The van der Waals surface area contributed by atoms with Crippen molar-refractivity contribution in [2.45, 2.75) is 0 Å². The minimum atomic E-state index is -3.53. The maximum atomic E-state index is 7.24. The van der Waals surface area contributed by atoms with Crippen LogP contribution in [-0.4, -0.2) is 0 Å². The van der Waals surface area contributed by atoms with Crippen LogP contribution in [0, 0.1) is 0 Å². The van der Waals surface area contributed by atoms with Crippen molar-refractivity contribution in [3.8, 4) is 11.5 Å². The Balaban J connectivity index is 1.69. The molecule has 1 atom stereocenters. The van der Waals surface area contributed by atoms with Gasteiger partial charge in [-0.3, -0.25) is 0 Å². The van der Waals surface area contributed by atoms with Gasteiger partial charge in [0.1, 0.15) is 0 Å². The number of para-hydroxylation sites is 2. The first-order valence-electron chi connectivity index (χ1n) is 10.7. The molecule has 1 aliphatic heterocycles. The Bertz CT molecular complexity index is 1260. The van der Waals surface area contributed by atoms with Crippen molar-refractivity contribution in [2.75, 3.05) is 0 Å². The zero-order valence-corrected chi connectivity index (χ0v) is 22.4. The Labute approximate surface area is 210 Å². The van der Waals surface area contributed by atoms with Crippen molar-refractivity contribution in [1.82, 2.24) is 9.72 Å². The van der Waals surface area contributed by atoms with Gasteiger partial charge < -0.3 is 0 Å². The maximum absolute atomic E-state index is 7.24. The van der Waals surface area contributed by atoms with Crippen LogP contribution in [0.1, 0.15) is 0 Å². The van der Waals surface area contributed by atoms with Gasteiger partial charge in [0, 0.05) is 0 Å². The molecule has 0 spiro atoms. The summed E-state index contributed by atoms with van der Waals surface area (Å²) in [5.41, 5.74) is 0. The van der Waals surface area contributed by atoms with E-state index in [4.69, 9.17) is 36.0 Å². The Morgan fingerprint density at radius 2 is 1.09 bits per heavy atom. The first kappa shape index (κ1) is 23.8. The standard InChI is InChI=1S/C24H24Cl2N3O2P3/c25-33(30-21-13-5-1-6-14-21)27-32(23-17-9-3-10-18-23,24-19-11-4-12-20-24)28-34(26,29-33)31-22-15-7-2-8-16-22/h1-20,27-28,32-33H. The first-order valence-corrected chi connectivity index (χ1v) is 18.1. The molecule has 0 amide bonds. The van der Waals surface area contributed by atoms with Crippen LogP contribution < -0.4 is 29.4 Å². The SMILES string of the molecule is ClP1(Oc2ccccc2)=N[PH](Cl)(Oc2ccccc2)N[PH](c2ccccc2)(c2ccccc2)N1.